The second kappa shape index (κ2) is 3.46. The van der Waals surface area contributed by atoms with Gasteiger partial charge in [0.25, 0.3) is 0 Å². The maximum absolute atomic E-state index is 12.7. The molecule has 0 aromatic carbocycles. The lowest BCUT2D eigenvalue weighted by molar-refractivity contribution is 0.569. The molecule has 0 amide bonds. The largest absolute Gasteiger partial charge is 0.319 e. The number of allylic oxidation sites excluding steroid dienone is 1. The van der Waals surface area contributed by atoms with Crippen LogP contribution in [-0.4, -0.2) is 19.6 Å². The predicted octanol–water partition coefficient (Wildman–Crippen LogP) is 1.11. The maximum Gasteiger partial charge on any atom is 0.193 e. The van der Waals surface area contributed by atoms with Crippen LogP contribution in [0.2, 0.25) is 0 Å². The first-order chi connectivity index (χ1) is 4.84. The highest BCUT2D eigenvalue weighted by Gasteiger charge is 2.14. The standard InChI is InChI=1S/C7H11FN2/c1-9-5-6-3-2-4-10-7(6)8/h2,4,6,9H,3,5H2,1H3. The topological polar surface area (TPSA) is 24.4 Å². The number of hydrogen-bond donors (Lipinski definition) is 1. The van der Waals surface area contributed by atoms with Crippen molar-refractivity contribution in [1.29, 1.82) is 0 Å². The fourth-order valence-corrected chi connectivity index (χ4v) is 0.966. The van der Waals surface area contributed by atoms with Gasteiger partial charge in [-0.25, -0.2) is 4.99 Å². The van der Waals surface area contributed by atoms with Gasteiger partial charge in [0.15, 0.2) is 5.97 Å². The highest BCUT2D eigenvalue weighted by molar-refractivity contribution is 5.79. The second-order valence-corrected chi connectivity index (χ2v) is 2.33. The van der Waals surface area contributed by atoms with Gasteiger partial charge < -0.3 is 5.32 Å². The van der Waals surface area contributed by atoms with Crippen LogP contribution in [0.25, 0.3) is 0 Å². The van der Waals surface area contributed by atoms with Crippen LogP contribution in [-0.2, 0) is 0 Å². The Morgan fingerprint density at radius 1 is 1.90 bits per heavy atom. The molecule has 0 aromatic heterocycles. The Morgan fingerprint density at radius 3 is 3.30 bits per heavy atom. The van der Waals surface area contributed by atoms with Crippen molar-refractivity contribution in [3.05, 3.63) is 12.3 Å². The summed E-state index contributed by atoms with van der Waals surface area (Å²) in [5, 5.41) is 2.91. The zero-order valence-electron chi connectivity index (χ0n) is 5.97. The van der Waals surface area contributed by atoms with Gasteiger partial charge in [0, 0.05) is 18.7 Å². The van der Waals surface area contributed by atoms with Gasteiger partial charge in [-0.3, -0.25) is 0 Å². The van der Waals surface area contributed by atoms with Gasteiger partial charge in [0.1, 0.15) is 0 Å². The summed E-state index contributed by atoms with van der Waals surface area (Å²) in [4.78, 5) is 3.56. The van der Waals surface area contributed by atoms with E-state index in [9.17, 15) is 4.39 Å². The normalized spacial score (nSPS) is 24.6. The van der Waals surface area contributed by atoms with Gasteiger partial charge >= 0.3 is 0 Å². The zero-order valence-corrected chi connectivity index (χ0v) is 5.97. The van der Waals surface area contributed by atoms with Crippen molar-refractivity contribution >= 4 is 5.97 Å². The van der Waals surface area contributed by atoms with Crippen molar-refractivity contribution < 1.29 is 4.39 Å². The molecule has 1 aliphatic rings. The smallest absolute Gasteiger partial charge is 0.193 e. The first kappa shape index (κ1) is 7.41. The van der Waals surface area contributed by atoms with Crippen LogP contribution in [0.5, 0.6) is 0 Å². The Bertz CT molecular complexity index is 163. The number of halogens is 1. The minimum atomic E-state index is -0.253. The van der Waals surface area contributed by atoms with Crippen LogP contribution in [0.4, 0.5) is 4.39 Å². The molecule has 1 aliphatic heterocycles. The molecule has 0 radical (unpaired) electrons. The Balaban J connectivity index is 2.47. The highest BCUT2D eigenvalue weighted by atomic mass is 19.1. The third-order valence-corrected chi connectivity index (χ3v) is 1.51. The van der Waals surface area contributed by atoms with Crippen molar-refractivity contribution in [1.82, 2.24) is 5.32 Å². The molecule has 3 heteroatoms. The minimum Gasteiger partial charge on any atom is -0.319 e. The molecule has 1 rings (SSSR count). The van der Waals surface area contributed by atoms with E-state index in [1.54, 1.807) is 0 Å². The molecule has 0 aliphatic carbocycles. The van der Waals surface area contributed by atoms with E-state index in [1.165, 1.54) is 6.20 Å². The second-order valence-electron chi connectivity index (χ2n) is 2.33. The Labute approximate surface area is 59.8 Å². The van der Waals surface area contributed by atoms with Gasteiger partial charge in [-0.2, -0.15) is 4.39 Å². The first-order valence-electron chi connectivity index (χ1n) is 3.37. The van der Waals surface area contributed by atoms with Gasteiger partial charge in [-0.05, 0) is 13.5 Å². The van der Waals surface area contributed by atoms with Gasteiger partial charge in [-0.1, -0.05) is 6.08 Å². The monoisotopic (exact) mass is 142 g/mol. The average molecular weight is 142 g/mol. The lowest BCUT2D eigenvalue weighted by Crippen LogP contribution is -2.24. The SMILES string of the molecule is CNCC1CC=CN=C1F. The third kappa shape index (κ3) is 1.64. The molecule has 1 N–H and O–H groups in total. The molecule has 0 saturated heterocycles. The van der Waals surface area contributed by atoms with E-state index >= 15 is 0 Å². The summed E-state index contributed by atoms with van der Waals surface area (Å²) in [6.45, 7) is 0.666. The predicted molar refractivity (Wildman–Crippen MR) is 39.7 cm³/mol. The molecule has 1 heterocycles. The van der Waals surface area contributed by atoms with Gasteiger partial charge in [0.05, 0.1) is 0 Å². The summed E-state index contributed by atoms with van der Waals surface area (Å²) in [5.74, 6) is -0.299. The number of nitrogens with zero attached hydrogens (tertiary/aromatic N) is 1. The van der Waals surface area contributed by atoms with Crippen molar-refractivity contribution in [2.45, 2.75) is 6.42 Å². The molecule has 10 heavy (non-hydrogen) atoms. The molecule has 1 unspecified atom stereocenters. The van der Waals surface area contributed by atoms with Crippen LogP contribution in [0, 0.1) is 5.92 Å². The summed E-state index contributed by atoms with van der Waals surface area (Å²) >= 11 is 0. The summed E-state index contributed by atoms with van der Waals surface area (Å²) in [5.41, 5.74) is 0. The number of rotatable bonds is 2. The zero-order chi connectivity index (χ0) is 7.40. The Morgan fingerprint density at radius 2 is 2.70 bits per heavy atom. The molecule has 0 fully saturated rings. The molecule has 56 valence electrons. The van der Waals surface area contributed by atoms with Crippen LogP contribution in [0.1, 0.15) is 6.42 Å². The summed E-state index contributed by atoms with van der Waals surface area (Å²) < 4.78 is 12.7. The molecule has 0 aromatic rings. The van der Waals surface area contributed by atoms with Crippen LogP contribution in [0.3, 0.4) is 0 Å². The van der Waals surface area contributed by atoms with E-state index in [4.69, 9.17) is 0 Å². The summed E-state index contributed by atoms with van der Waals surface area (Å²) in [6.07, 6.45) is 4.16. The lowest BCUT2D eigenvalue weighted by Gasteiger charge is -2.12. The number of aliphatic imine (C=N–C) groups is 1. The molecule has 0 saturated carbocycles. The molecule has 1 atom stereocenters. The molecule has 0 spiro atoms. The summed E-state index contributed by atoms with van der Waals surface area (Å²) in [7, 11) is 1.81. The lowest BCUT2D eigenvalue weighted by atomic mass is 10.1. The molecular weight excluding hydrogens is 131 g/mol. The number of hydrogen-bond acceptors (Lipinski definition) is 2. The van der Waals surface area contributed by atoms with E-state index in [-0.39, 0.29) is 11.9 Å². The first-order valence-corrected chi connectivity index (χ1v) is 3.37. The quantitative estimate of drug-likeness (QED) is 0.613. The van der Waals surface area contributed by atoms with Crippen LogP contribution in [0.15, 0.2) is 17.3 Å². The minimum absolute atomic E-state index is 0.0463. The molecule has 2 nitrogen and oxygen atoms in total. The number of nitrogens with one attached hydrogen (secondary N) is 1. The third-order valence-electron chi connectivity index (χ3n) is 1.51. The van der Waals surface area contributed by atoms with Crippen molar-refractivity contribution in [2.24, 2.45) is 10.9 Å². The average Bonchev–Trinajstić information content (AvgIpc) is 1.94. The van der Waals surface area contributed by atoms with Crippen LogP contribution < -0.4 is 5.32 Å². The Kier molecular flexibility index (Phi) is 2.57. The van der Waals surface area contributed by atoms with Crippen LogP contribution >= 0.6 is 0 Å². The fraction of sp³-hybridized carbons (Fsp3) is 0.571. The van der Waals surface area contributed by atoms with Crippen molar-refractivity contribution in [3.63, 3.8) is 0 Å². The van der Waals surface area contributed by atoms with Gasteiger partial charge in [0.2, 0.25) is 0 Å². The van der Waals surface area contributed by atoms with E-state index in [2.05, 4.69) is 10.3 Å². The van der Waals surface area contributed by atoms with E-state index in [1.807, 2.05) is 13.1 Å². The Hall–Kier alpha value is -0.700. The van der Waals surface area contributed by atoms with E-state index < -0.39 is 0 Å². The van der Waals surface area contributed by atoms with Crippen molar-refractivity contribution in [2.75, 3.05) is 13.6 Å². The van der Waals surface area contributed by atoms with Crippen molar-refractivity contribution in [3.8, 4) is 0 Å². The molecule has 0 bridgehead atoms. The van der Waals surface area contributed by atoms with Gasteiger partial charge in [-0.15, -0.1) is 0 Å². The molecular formula is C7H11FN2. The maximum atomic E-state index is 12.7. The fourth-order valence-electron chi connectivity index (χ4n) is 0.966. The summed E-state index contributed by atoms with van der Waals surface area (Å²) in [6, 6.07) is 0. The van der Waals surface area contributed by atoms with E-state index in [0.717, 1.165) is 6.42 Å². The highest BCUT2D eigenvalue weighted by Crippen LogP contribution is 2.11. The van der Waals surface area contributed by atoms with E-state index in [0.29, 0.717) is 6.54 Å².